The Hall–Kier alpha value is 1.93. The molecule has 0 aromatic rings. The zero-order valence-corrected chi connectivity index (χ0v) is 13.1. The van der Waals surface area contributed by atoms with Crippen LogP contribution in [0.5, 0.6) is 0 Å². The molecule has 0 radical (unpaired) electrons. The van der Waals surface area contributed by atoms with Crippen LogP contribution in [-0.4, -0.2) is 0 Å². The molecule has 0 atom stereocenters. The van der Waals surface area contributed by atoms with Crippen molar-refractivity contribution in [2.24, 2.45) is 0 Å². The third-order valence-electron chi connectivity index (χ3n) is 0. The summed E-state index contributed by atoms with van der Waals surface area (Å²) in [6.07, 6.45) is 0. The molecule has 0 N–H and O–H groups in total. The fraction of sp³-hybridized carbons (Fsp3) is 0. The van der Waals surface area contributed by atoms with E-state index in [4.69, 9.17) is 43.1 Å². The molecule has 0 aliphatic rings. The molecule has 0 heterocycles. The predicted molar refractivity (Wildman–Crippen MR) is 27.0 cm³/mol. The largest absolute Gasteiger partial charge is 3.00 e. The van der Waals surface area contributed by atoms with Crippen LogP contribution in [0.4, 0.5) is 0 Å². The van der Waals surface area contributed by atoms with Crippen LogP contribution in [0, 0.1) is 0 Å². The maximum Gasteiger partial charge on any atom is 3.00 e. The molecule has 0 aliphatic carbocycles. The van der Waals surface area contributed by atoms with Crippen molar-refractivity contribution in [3.8, 4) is 0 Å². The van der Waals surface area contributed by atoms with Crippen LogP contribution in [0.1, 0.15) is 0 Å². The minimum atomic E-state index is -3.63. The molecule has 14 heteroatoms. The Kier molecular flexibility index (Phi) is 51.5. The van der Waals surface area contributed by atoms with Crippen molar-refractivity contribution in [2.75, 3.05) is 0 Å². The van der Waals surface area contributed by atoms with Gasteiger partial charge in [-0.15, -0.1) is 0 Å². The molecule has 0 bridgehead atoms. The first kappa shape index (κ1) is 29.7. The predicted octanol–water partition coefficient (Wildman–Crippen LogP) is -5.71. The van der Waals surface area contributed by atoms with Gasteiger partial charge < -0.3 is 43.1 Å². The standard InChI is InChI=1S/2Au.3H3O3P/c;;3*1-4(2)3/h;;3*4H,(H2,1,2,3)/q2*+3;;;/p-6. The average molecular weight is 634 g/mol. The third kappa shape index (κ3) is 625. The van der Waals surface area contributed by atoms with Gasteiger partial charge in [-0.2, -0.15) is 0 Å². The zero-order valence-electron chi connectivity index (χ0n) is 5.78. The molecule has 0 fully saturated rings. The van der Waals surface area contributed by atoms with E-state index in [1.807, 2.05) is 0 Å². The van der Waals surface area contributed by atoms with Crippen LogP contribution in [0.15, 0.2) is 0 Å². The number of rotatable bonds is 0. The van der Waals surface area contributed by atoms with Gasteiger partial charge in [0, 0.05) is 0 Å². The molecule has 0 rings (SSSR count). The smallest absolute Gasteiger partial charge is 0.813 e. The average Bonchev–Trinajstić information content (AvgIpc) is 1.54. The van der Waals surface area contributed by atoms with Gasteiger partial charge in [-0.1, -0.05) is 24.8 Å². The molecule has 14 heavy (non-hydrogen) atoms. The second kappa shape index (κ2) is 24.3. The summed E-state index contributed by atoms with van der Waals surface area (Å²) in [5.41, 5.74) is 0. The van der Waals surface area contributed by atoms with Gasteiger partial charge in [0.15, 0.2) is 0 Å². The van der Waals surface area contributed by atoms with Gasteiger partial charge >= 0.3 is 44.8 Å². The molecule has 0 spiro atoms. The molecule has 0 aliphatic heterocycles. The second-order valence-corrected chi connectivity index (χ2v) is 2.25. The van der Waals surface area contributed by atoms with E-state index in [1.165, 1.54) is 0 Å². The summed E-state index contributed by atoms with van der Waals surface area (Å²) in [6, 6.07) is 0. The summed E-state index contributed by atoms with van der Waals surface area (Å²) in [4.78, 5) is 51.1. The Labute approximate surface area is 112 Å². The van der Waals surface area contributed by atoms with E-state index in [0.29, 0.717) is 0 Å². The van der Waals surface area contributed by atoms with Crippen LogP contribution in [0.3, 0.4) is 0 Å². The van der Waals surface area contributed by atoms with Gasteiger partial charge in [0.05, 0.1) is 0 Å². The van der Waals surface area contributed by atoms with E-state index in [0.717, 1.165) is 0 Å². The van der Waals surface area contributed by atoms with Gasteiger partial charge in [-0.25, -0.2) is 0 Å². The maximum atomic E-state index is 8.52. The van der Waals surface area contributed by atoms with Crippen LogP contribution >= 0.6 is 24.8 Å². The normalized spacial score (nSPS) is 7.50. The summed E-state index contributed by atoms with van der Waals surface area (Å²) in [7, 11) is -10.9. The molecule has 0 saturated carbocycles. The molecule has 9 nitrogen and oxygen atoms in total. The van der Waals surface area contributed by atoms with Gasteiger partial charge in [-0.05, 0) is 0 Å². The number of hydrogen-bond acceptors (Lipinski definition) is 9. The fourth-order valence-electron chi connectivity index (χ4n) is 0. The summed E-state index contributed by atoms with van der Waals surface area (Å²) in [5.74, 6) is 0. The third-order valence-corrected chi connectivity index (χ3v) is 0. The van der Waals surface area contributed by atoms with Gasteiger partial charge in [0.1, 0.15) is 0 Å². The van der Waals surface area contributed by atoms with Crippen LogP contribution < -0.4 is 29.4 Å². The van der Waals surface area contributed by atoms with E-state index < -0.39 is 24.8 Å². The first-order valence-electron chi connectivity index (χ1n) is 1.84. The first-order chi connectivity index (χ1) is 5.20. The monoisotopic (exact) mass is 634 g/mol. The number of hydrogen-bond donors (Lipinski definition) is 0. The maximum absolute atomic E-state index is 8.52. The minimum Gasteiger partial charge on any atom is -0.813 e. The first-order valence-corrected chi connectivity index (χ1v) is 5.51. The molecule has 0 unspecified atom stereocenters. The topological polar surface area (TPSA) is 190 Å². The molecular formula is H3Au2O9P3. The van der Waals surface area contributed by atoms with Crippen molar-refractivity contribution in [1.29, 1.82) is 0 Å². The fourth-order valence-corrected chi connectivity index (χ4v) is 0. The summed E-state index contributed by atoms with van der Waals surface area (Å²) < 4.78 is 25.6. The van der Waals surface area contributed by atoms with Gasteiger partial charge in [-0.3, -0.25) is 0 Å². The van der Waals surface area contributed by atoms with Gasteiger partial charge in [0.2, 0.25) is 0 Å². The van der Waals surface area contributed by atoms with E-state index in [1.54, 1.807) is 0 Å². The van der Waals surface area contributed by atoms with Crippen molar-refractivity contribution < 1.29 is 87.8 Å². The Bertz CT molecular complexity index is 116. The van der Waals surface area contributed by atoms with Crippen molar-refractivity contribution in [2.45, 2.75) is 0 Å². The zero-order chi connectivity index (χ0) is 10.7. The molecule has 0 aromatic carbocycles. The Balaban J connectivity index is -0.0000000270. The van der Waals surface area contributed by atoms with E-state index in [9.17, 15) is 0 Å². The van der Waals surface area contributed by atoms with Crippen LogP contribution in [0.25, 0.3) is 0 Å². The molecular weight excluding hydrogens is 631 g/mol. The summed E-state index contributed by atoms with van der Waals surface area (Å²) in [6.45, 7) is 0. The molecule has 0 amide bonds. The van der Waals surface area contributed by atoms with Crippen molar-refractivity contribution in [3.63, 3.8) is 0 Å². The molecule has 0 saturated heterocycles. The Morgan fingerprint density at radius 1 is 0.500 bits per heavy atom. The minimum absolute atomic E-state index is 0. The van der Waals surface area contributed by atoms with E-state index in [-0.39, 0.29) is 44.8 Å². The quantitative estimate of drug-likeness (QED) is 0.185. The molecule has 94 valence electrons. The van der Waals surface area contributed by atoms with Crippen LogP contribution in [0.2, 0.25) is 0 Å². The van der Waals surface area contributed by atoms with Crippen molar-refractivity contribution in [1.82, 2.24) is 0 Å². The van der Waals surface area contributed by atoms with Crippen LogP contribution in [-0.2, 0) is 58.5 Å². The Morgan fingerprint density at radius 3 is 0.500 bits per heavy atom. The second-order valence-electron chi connectivity index (χ2n) is 0.750. The van der Waals surface area contributed by atoms with Crippen molar-refractivity contribution in [3.05, 3.63) is 0 Å². The summed E-state index contributed by atoms with van der Waals surface area (Å²) in [5, 5.41) is 0. The molecule has 0 aromatic heterocycles. The van der Waals surface area contributed by atoms with Crippen molar-refractivity contribution >= 4 is 24.8 Å². The SMILES string of the molecule is O=[PH]([O-])[O-].O=[PH]([O-])[O-].O=[PH]([O-])[O-].[Au+3].[Au+3]. The Morgan fingerprint density at radius 2 is 0.500 bits per heavy atom. The van der Waals surface area contributed by atoms with Gasteiger partial charge in [0.25, 0.3) is 0 Å². The van der Waals surface area contributed by atoms with E-state index >= 15 is 0 Å². The summed E-state index contributed by atoms with van der Waals surface area (Å²) >= 11 is 0. The van der Waals surface area contributed by atoms with E-state index in [2.05, 4.69) is 0 Å².